The van der Waals surface area contributed by atoms with Crippen molar-refractivity contribution in [1.29, 1.82) is 0 Å². The topological polar surface area (TPSA) is 18.5 Å². The first-order valence-corrected chi connectivity index (χ1v) is 8.46. The molecule has 0 atom stereocenters. The van der Waals surface area contributed by atoms with Crippen molar-refractivity contribution >= 4 is 5.69 Å². The van der Waals surface area contributed by atoms with E-state index < -0.39 is 0 Å². The first-order chi connectivity index (χ1) is 10.3. The standard InChI is InChI=1S/C18H29N3/c1-19-13-15-7-10-21(11-8-15)14-16-5-6-18-17(12-16)4-3-9-20(18)2/h5-6,12,15,19H,3-4,7-11,13-14H2,1-2H3. The zero-order chi connectivity index (χ0) is 14.7. The molecule has 3 heteroatoms. The zero-order valence-corrected chi connectivity index (χ0v) is 13.6. The number of fused-ring (bicyclic) bond motifs is 1. The normalized spacial score (nSPS) is 20.6. The Kier molecular flexibility index (Phi) is 4.81. The Morgan fingerprint density at radius 1 is 1.19 bits per heavy atom. The summed E-state index contributed by atoms with van der Waals surface area (Å²) in [5.74, 6) is 0.878. The minimum absolute atomic E-state index is 0.878. The molecule has 1 aromatic carbocycles. The molecule has 0 amide bonds. The molecule has 1 fully saturated rings. The second-order valence-electron chi connectivity index (χ2n) is 6.77. The first kappa shape index (κ1) is 14.9. The van der Waals surface area contributed by atoms with Gasteiger partial charge in [-0.1, -0.05) is 12.1 Å². The lowest BCUT2D eigenvalue weighted by Gasteiger charge is -2.32. The summed E-state index contributed by atoms with van der Waals surface area (Å²) in [6.45, 7) is 6.01. The van der Waals surface area contributed by atoms with E-state index in [4.69, 9.17) is 0 Å². The lowest BCUT2D eigenvalue weighted by molar-refractivity contribution is 0.177. The number of hydrogen-bond donors (Lipinski definition) is 1. The molecule has 0 unspecified atom stereocenters. The Hall–Kier alpha value is -1.06. The third-order valence-electron chi connectivity index (χ3n) is 5.10. The van der Waals surface area contributed by atoms with Crippen LogP contribution in [-0.2, 0) is 13.0 Å². The lowest BCUT2D eigenvalue weighted by atomic mass is 9.95. The average molecular weight is 287 g/mol. The molecule has 3 rings (SSSR count). The van der Waals surface area contributed by atoms with Crippen LogP contribution in [0.4, 0.5) is 5.69 Å². The van der Waals surface area contributed by atoms with E-state index >= 15 is 0 Å². The summed E-state index contributed by atoms with van der Waals surface area (Å²) < 4.78 is 0. The summed E-state index contributed by atoms with van der Waals surface area (Å²) in [6, 6.07) is 7.11. The van der Waals surface area contributed by atoms with Crippen molar-refractivity contribution < 1.29 is 0 Å². The zero-order valence-electron chi connectivity index (χ0n) is 13.6. The summed E-state index contributed by atoms with van der Waals surface area (Å²) >= 11 is 0. The van der Waals surface area contributed by atoms with E-state index in [-0.39, 0.29) is 0 Å². The number of rotatable bonds is 4. The molecule has 0 spiro atoms. The van der Waals surface area contributed by atoms with E-state index in [2.05, 4.69) is 47.4 Å². The van der Waals surface area contributed by atoms with Gasteiger partial charge in [-0.2, -0.15) is 0 Å². The number of hydrogen-bond acceptors (Lipinski definition) is 3. The molecule has 0 aliphatic carbocycles. The van der Waals surface area contributed by atoms with Crippen LogP contribution < -0.4 is 10.2 Å². The van der Waals surface area contributed by atoms with Crippen LogP contribution in [0.3, 0.4) is 0 Å². The molecule has 0 aromatic heterocycles. The molecule has 1 N–H and O–H groups in total. The largest absolute Gasteiger partial charge is 0.374 e. The quantitative estimate of drug-likeness (QED) is 0.918. The fourth-order valence-electron chi connectivity index (χ4n) is 3.83. The Labute approximate surface area is 129 Å². The predicted octanol–water partition coefficient (Wildman–Crippen LogP) is 2.50. The Morgan fingerprint density at radius 2 is 2.00 bits per heavy atom. The van der Waals surface area contributed by atoms with Gasteiger partial charge in [0, 0.05) is 25.8 Å². The number of nitrogens with one attached hydrogen (secondary N) is 1. The van der Waals surface area contributed by atoms with E-state index in [1.54, 1.807) is 5.56 Å². The van der Waals surface area contributed by atoms with Crippen LogP contribution in [0.25, 0.3) is 0 Å². The molecular formula is C18H29N3. The van der Waals surface area contributed by atoms with Crippen LogP contribution in [0.15, 0.2) is 18.2 Å². The lowest BCUT2D eigenvalue weighted by Crippen LogP contribution is -2.36. The van der Waals surface area contributed by atoms with Gasteiger partial charge in [0.25, 0.3) is 0 Å². The van der Waals surface area contributed by atoms with Gasteiger partial charge in [-0.25, -0.2) is 0 Å². The Balaban J connectivity index is 1.59. The molecule has 0 radical (unpaired) electrons. The molecule has 1 aromatic rings. The fraction of sp³-hybridized carbons (Fsp3) is 0.667. The maximum atomic E-state index is 3.32. The second-order valence-corrected chi connectivity index (χ2v) is 6.77. The monoisotopic (exact) mass is 287 g/mol. The van der Waals surface area contributed by atoms with Crippen molar-refractivity contribution in [2.45, 2.75) is 32.2 Å². The van der Waals surface area contributed by atoms with Gasteiger partial charge in [-0.05, 0) is 75.5 Å². The van der Waals surface area contributed by atoms with Gasteiger partial charge >= 0.3 is 0 Å². The molecule has 116 valence electrons. The van der Waals surface area contributed by atoms with Crippen LogP contribution in [-0.4, -0.2) is 45.2 Å². The third-order valence-corrected chi connectivity index (χ3v) is 5.10. The van der Waals surface area contributed by atoms with Crippen molar-refractivity contribution in [3.8, 4) is 0 Å². The van der Waals surface area contributed by atoms with Gasteiger partial charge in [0.05, 0.1) is 0 Å². The number of likely N-dealkylation sites (tertiary alicyclic amines) is 1. The molecule has 2 aliphatic rings. The summed E-state index contributed by atoms with van der Waals surface area (Å²) in [4.78, 5) is 5.02. The maximum Gasteiger partial charge on any atom is 0.0396 e. The van der Waals surface area contributed by atoms with E-state index in [0.717, 1.165) is 12.5 Å². The van der Waals surface area contributed by atoms with Crippen molar-refractivity contribution in [3.63, 3.8) is 0 Å². The summed E-state index contributed by atoms with van der Waals surface area (Å²) in [7, 11) is 4.28. The van der Waals surface area contributed by atoms with Crippen LogP contribution in [0.5, 0.6) is 0 Å². The molecule has 3 nitrogen and oxygen atoms in total. The smallest absolute Gasteiger partial charge is 0.0396 e. The number of benzene rings is 1. The minimum Gasteiger partial charge on any atom is -0.374 e. The molecular weight excluding hydrogens is 258 g/mol. The van der Waals surface area contributed by atoms with E-state index in [1.807, 2.05) is 0 Å². The number of anilines is 1. The molecule has 2 aliphatic heterocycles. The SMILES string of the molecule is CNCC1CCN(Cc2ccc3c(c2)CCCN3C)CC1. The second kappa shape index (κ2) is 6.80. The number of piperidine rings is 1. The van der Waals surface area contributed by atoms with Gasteiger partial charge in [0.2, 0.25) is 0 Å². The fourth-order valence-corrected chi connectivity index (χ4v) is 3.83. The maximum absolute atomic E-state index is 3.32. The summed E-state index contributed by atoms with van der Waals surface area (Å²) in [6.07, 6.45) is 5.23. The Bertz CT molecular complexity index is 464. The summed E-state index contributed by atoms with van der Waals surface area (Å²) in [5.41, 5.74) is 4.49. The highest BCUT2D eigenvalue weighted by Crippen LogP contribution is 2.27. The molecule has 0 saturated carbocycles. The molecule has 1 saturated heterocycles. The first-order valence-electron chi connectivity index (χ1n) is 8.46. The van der Waals surface area contributed by atoms with Gasteiger partial charge in [-0.3, -0.25) is 4.90 Å². The highest BCUT2D eigenvalue weighted by Gasteiger charge is 2.19. The number of nitrogens with zero attached hydrogens (tertiary/aromatic N) is 2. The van der Waals surface area contributed by atoms with Crippen molar-refractivity contribution in [3.05, 3.63) is 29.3 Å². The molecule has 21 heavy (non-hydrogen) atoms. The third kappa shape index (κ3) is 3.58. The predicted molar refractivity (Wildman–Crippen MR) is 90.0 cm³/mol. The van der Waals surface area contributed by atoms with Crippen LogP contribution >= 0.6 is 0 Å². The van der Waals surface area contributed by atoms with Gasteiger partial charge in [0.15, 0.2) is 0 Å². The van der Waals surface area contributed by atoms with E-state index in [1.165, 1.54) is 63.1 Å². The van der Waals surface area contributed by atoms with Crippen LogP contribution in [0.2, 0.25) is 0 Å². The molecule has 2 heterocycles. The Morgan fingerprint density at radius 3 is 2.76 bits per heavy atom. The molecule has 0 bridgehead atoms. The van der Waals surface area contributed by atoms with Gasteiger partial charge in [-0.15, -0.1) is 0 Å². The van der Waals surface area contributed by atoms with Crippen molar-refractivity contribution in [1.82, 2.24) is 10.2 Å². The van der Waals surface area contributed by atoms with Crippen molar-refractivity contribution in [2.75, 3.05) is 45.2 Å². The van der Waals surface area contributed by atoms with Crippen LogP contribution in [0, 0.1) is 5.92 Å². The van der Waals surface area contributed by atoms with Gasteiger partial charge < -0.3 is 10.2 Å². The highest BCUT2D eigenvalue weighted by molar-refractivity contribution is 5.56. The highest BCUT2D eigenvalue weighted by atomic mass is 15.1. The average Bonchev–Trinajstić information content (AvgIpc) is 2.50. The number of aryl methyl sites for hydroxylation is 1. The van der Waals surface area contributed by atoms with E-state index in [9.17, 15) is 0 Å². The van der Waals surface area contributed by atoms with Gasteiger partial charge in [0.1, 0.15) is 0 Å². The van der Waals surface area contributed by atoms with Crippen molar-refractivity contribution in [2.24, 2.45) is 5.92 Å². The minimum atomic E-state index is 0.878. The van der Waals surface area contributed by atoms with Crippen LogP contribution in [0.1, 0.15) is 30.4 Å². The van der Waals surface area contributed by atoms with E-state index in [0.29, 0.717) is 0 Å². The summed E-state index contributed by atoms with van der Waals surface area (Å²) in [5, 5.41) is 3.32.